The zero-order valence-corrected chi connectivity index (χ0v) is 19.1. The molecule has 0 aliphatic carbocycles. The number of benzene rings is 2. The first-order chi connectivity index (χ1) is 16.5. The van der Waals surface area contributed by atoms with Crippen LogP contribution in [0.1, 0.15) is 41.9 Å². The van der Waals surface area contributed by atoms with E-state index in [-0.39, 0.29) is 31.5 Å². The topological polar surface area (TPSA) is 100 Å². The molecule has 2 fully saturated rings. The molecule has 4 rings (SSSR count). The van der Waals surface area contributed by atoms with Crippen LogP contribution in [0, 0.1) is 0 Å². The van der Waals surface area contributed by atoms with Crippen molar-refractivity contribution in [2.45, 2.75) is 44.1 Å². The Morgan fingerprint density at radius 2 is 2.03 bits per heavy atom. The molecule has 0 aromatic heterocycles. The SMILES string of the molecule is C=CCOC(=O)Nc1cccc([C@H]2O[C@@H](CN3CC[C@H](O)C3)C[C@@H](c3ccc(CO)cc3)O2)c1. The molecular weight excluding hydrogens is 436 g/mol. The van der Waals surface area contributed by atoms with Crippen LogP contribution in [0.2, 0.25) is 0 Å². The number of ether oxygens (including phenoxy) is 3. The molecule has 8 heteroatoms. The van der Waals surface area contributed by atoms with Crippen molar-refractivity contribution in [1.82, 2.24) is 4.90 Å². The zero-order chi connectivity index (χ0) is 23.9. The summed E-state index contributed by atoms with van der Waals surface area (Å²) in [6, 6.07) is 15.1. The Morgan fingerprint density at radius 3 is 2.74 bits per heavy atom. The van der Waals surface area contributed by atoms with Gasteiger partial charge >= 0.3 is 6.09 Å². The van der Waals surface area contributed by atoms with E-state index in [1.165, 1.54) is 6.08 Å². The Kier molecular flexibility index (Phi) is 8.31. The molecule has 182 valence electrons. The fraction of sp³-hybridized carbons (Fsp3) is 0.423. The normalized spacial score (nSPS) is 25.1. The minimum atomic E-state index is -0.625. The van der Waals surface area contributed by atoms with E-state index in [0.717, 1.165) is 29.7 Å². The largest absolute Gasteiger partial charge is 0.445 e. The highest BCUT2D eigenvalue weighted by atomic mass is 16.7. The van der Waals surface area contributed by atoms with E-state index in [1.54, 1.807) is 6.07 Å². The van der Waals surface area contributed by atoms with Crippen molar-refractivity contribution in [3.05, 3.63) is 77.9 Å². The number of amides is 1. The molecule has 34 heavy (non-hydrogen) atoms. The second kappa shape index (κ2) is 11.6. The first kappa shape index (κ1) is 24.4. The summed E-state index contributed by atoms with van der Waals surface area (Å²) in [5.41, 5.74) is 3.22. The maximum Gasteiger partial charge on any atom is 0.411 e. The summed E-state index contributed by atoms with van der Waals surface area (Å²) in [7, 11) is 0. The van der Waals surface area contributed by atoms with Crippen molar-refractivity contribution in [2.24, 2.45) is 0 Å². The maximum absolute atomic E-state index is 11.9. The lowest BCUT2D eigenvalue weighted by Gasteiger charge is -2.38. The van der Waals surface area contributed by atoms with Gasteiger partial charge in [0.2, 0.25) is 0 Å². The quantitative estimate of drug-likeness (QED) is 0.510. The van der Waals surface area contributed by atoms with Crippen molar-refractivity contribution < 1.29 is 29.2 Å². The maximum atomic E-state index is 11.9. The van der Waals surface area contributed by atoms with Crippen LogP contribution in [0.4, 0.5) is 10.5 Å². The predicted molar refractivity (Wildman–Crippen MR) is 127 cm³/mol. The third-order valence-corrected chi connectivity index (χ3v) is 6.06. The van der Waals surface area contributed by atoms with Crippen LogP contribution in [0.3, 0.4) is 0 Å². The van der Waals surface area contributed by atoms with Gasteiger partial charge in [-0.25, -0.2) is 4.79 Å². The lowest BCUT2D eigenvalue weighted by molar-refractivity contribution is -0.252. The number of β-amino-alcohol motifs (C(OH)–C–C–N with tert-alkyl or cyclic N) is 1. The number of carbonyl (C=O) groups excluding carboxylic acids is 1. The molecule has 2 aromatic rings. The first-order valence-electron chi connectivity index (χ1n) is 11.6. The molecule has 8 nitrogen and oxygen atoms in total. The fourth-order valence-corrected chi connectivity index (χ4v) is 4.35. The second-order valence-corrected chi connectivity index (χ2v) is 8.69. The molecule has 0 bridgehead atoms. The smallest absolute Gasteiger partial charge is 0.411 e. The molecule has 0 spiro atoms. The van der Waals surface area contributed by atoms with Gasteiger partial charge in [0.25, 0.3) is 0 Å². The summed E-state index contributed by atoms with van der Waals surface area (Å²) in [5, 5.41) is 22.0. The Bertz CT molecular complexity index is 966. The van der Waals surface area contributed by atoms with E-state index in [0.29, 0.717) is 25.2 Å². The number of likely N-dealkylation sites (tertiary alicyclic amines) is 1. The Balaban J connectivity index is 1.51. The molecule has 2 heterocycles. The zero-order valence-electron chi connectivity index (χ0n) is 19.1. The Hall–Kier alpha value is -2.75. The van der Waals surface area contributed by atoms with Crippen LogP contribution in [0.5, 0.6) is 0 Å². The highest BCUT2D eigenvalue weighted by Gasteiger charge is 2.34. The van der Waals surface area contributed by atoms with Gasteiger partial charge in [0.05, 0.1) is 24.9 Å². The number of aliphatic hydroxyl groups is 2. The van der Waals surface area contributed by atoms with Gasteiger partial charge in [-0.3, -0.25) is 10.2 Å². The van der Waals surface area contributed by atoms with Crippen LogP contribution in [-0.4, -0.2) is 59.7 Å². The van der Waals surface area contributed by atoms with Gasteiger partial charge in [-0.2, -0.15) is 0 Å². The van der Waals surface area contributed by atoms with Gasteiger partial charge in [-0.1, -0.05) is 49.1 Å². The molecule has 2 aliphatic rings. The van der Waals surface area contributed by atoms with E-state index in [2.05, 4.69) is 16.8 Å². The van der Waals surface area contributed by atoms with Gasteiger partial charge < -0.3 is 24.4 Å². The molecule has 1 amide bonds. The van der Waals surface area contributed by atoms with Crippen molar-refractivity contribution in [1.29, 1.82) is 0 Å². The number of carbonyl (C=O) groups is 1. The molecule has 0 radical (unpaired) electrons. The number of hydrogen-bond donors (Lipinski definition) is 3. The van der Waals surface area contributed by atoms with Gasteiger partial charge in [-0.15, -0.1) is 0 Å². The van der Waals surface area contributed by atoms with E-state index >= 15 is 0 Å². The molecule has 2 aliphatic heterocycles. The van der Waals surface area contributed by atoms with Crippen LogP contribution < -0.4 is 5.32 Å². The molecular formula is C26H32N2O6. The van der Waals surface area contributed by atoms with Gasteiger partial charge in [0.15, 0.2) is 6.29 Å². The molecule has 3 N–H and O–H groups in total. The molecule has 0 saturated carbocycles. The van der Waals surface area contributed by atoms with Gasteiger partial charge in [0, 0.05) is 37.3 Å². The third-order valence-electron chi connectivity index (χ3n) is 6.06. The summed E-state index contributed by atoms with van der Waals surface area (Å²) >= 11 is 0. The van der Waals surface area contributed by atoms with Crippen LogP contribution >= 0.6 is 0 Å². The van der Waals surface area contributed by atoms with Crippen LogP contribution in [-0.2, 0) is 20.8 Å². The van der Waals surface area contributed by atoms with Crippen molar-refractivity contribution in [2.75, 3.05) is 31.6 Å². The van der Waals surface area contributed by atoms with E-state index in [1.807, 2.05) is 42.5 Å². The minimum absolute atomic E-state index is 0.00746. The number of hydrogen-bond acceptors (Lipinski definition) is 7. The molecule has 2 aromatic carbocycles. The number of anilines is 1. The average molecular weight is 469 g/mol. The first-order valence-corrected chi connectivity index (χ1v) is 11.6. The summed E-state index contributed by atoms with van der Waals surface area (Å²) < 4.78 is 17.7. The van der Waals surface area contributed by atoms with Crippen LogP contribution in [0.15, 0.2) is 61.2 Å². The highest BCUT2D eigenvalue weighted by Crippen LogP contribution is 2.38. The molecule has 2 saturated heterocycles. The summed E-state index contributed by atoms with van der Waals surface area (Å²) in [6.07, 6.45) is 1.18. The van der Waals surface area contributed by atoms with Crippen molar-refractivity contribution in [3.63, 3.8) is 0 Å². The minimum Gasteiger partial charge on any atom is -0.445 e. The highest BCUT2D eigenvalue weighted by molar-refractivity contribution is 5.84. The molecule has 0 unspecified atom stereocenters. The van der Waals surface area contributed by atoms with Gasteiger partial charge in [-0.05, 0) is 29.7 Å². The van der Waals surface area contributed by atoms with Crippen molar-refractivity contribution >= 4 is 11.8 Å². The van der Waals surface area contributed by atoms with Gasteiger partial charge in [0.1, 0.15) is 6.61 Å². The third kappa shape index (κ3) is 6.43. The number of aliphatic hydroxyl groups excluding tert-OH is 2. The lowest BCUT2D eigenvalue weighted by Crippen LogP contribution is -2.38. The number of nitrogens with one attached hydrogen (secondary N) is 1. The van der Waals surface area contributed by atoms with E-state index in [9.17, 15) is 15.0 Å². The number of nitrogens with zero attached hydrogens (tertiary/aromatic N) is 1. The molecule has 4 atom stereocenters. The summed E-state index contributed by atoms with van der Waals surface area (Å²) in [5.74, 6) is 0. The Morgan fingerprint density at radius 1 is 1.21 bits per heavy atom. The second-order valence-electron chi connectivity index (χ2n) is 8.69. The monoisotopic (exact) mass is 468 g/mol. The average Bonchev–Trinajstić information content (AvgIpc) is 3.27. The predicted octanol–water partition coefficient (Wildman–Crippen LogP) is 3.53. The Labute approximate surface area is 199 Å². The summed E-state index contributed by atoms with van der Waals surface area (Å²) in [6.45, 7) is 5.85. The standard InChI is InChI=1S/C26H32N2O6/c1-2-12-32-26(31)27-21-5-3-4-20(13-21)25-33-23(16-28-11-10-22(30)15-28)14-24(34-25)19-8-6-18(17-29)7-9-19/h2-9,13,22-25,29-30H,1,10-12,14-17H2,(H,27,31)/t22-,23+,24-,25-/m0/s1. The number of rotatable bonds is 8. The lowest BCUT2D eigenvalue weighted by atomic mass is 9.99. The van der Waals surface area contributed by atoms with E-state index in [4.69, 9.17) is 14.2 Å². The van der Waals surface area contributed by atoms with Crippen molar-refractivity contribution in [3.8, 4) is 0 Å². The summed E-state index contributed by atoms with van der Waals surface area (Å²) in [4.78, 5) is 14.2. The van der Waals surface area contributed by atoms with Crippen LogP contribution in [0.25, 0.3) is 0 Å². The fourth-order valence-electron chi connectivity index (χ4n) is 4.35. The van der Waals surface area contributed by atoms with E-state index < -0.39 is 12.4 Å².